The Balaban J connectivity index is 2.07. The lowest BCUT2D eigenvalue weighted by Gasteiger charge is -2.08. The fourth-order valence-electron chi connectivity index (χ4n) is 1.66. The van der Waals surface area contributed by atoms with Gasteiger partial charge in [-0.3, -0.25) is 0 Å². The van der Waals surface area contributed by atoms with Crippen molar-refractivity contribution in [1.82, 2.24) is 9.97 Å². The van der Waals surface area contributed by atoms with Crippen molar-refractivity contribution < 1.29 is 0 Å². The lowest BCUT2D eigenvalue weighted by Crippen LogP contribution is -2.09. The molecule has 1 aromatic heterocycles. The van der Waals surface area contributed by atoms with Crippen LogP contribution in [0.15, 0.2) is 6.33 Å². The van der Waals surface area contributed by atoms with Gasteiger partial charge in [0, 0.05) is 11.6 Å². The number of nitrogens with one attached hydrogen (secondary N) is 1. The van der Waals surface area contributed by atoms with E-state index in [-0.39, 0.29) is 0 Å². The first kappa shape index (κ1) is 9.24. The highest BCUT2D eigenvalue weighted by atomic mass is 15.1. The van der Waals surface area contributed by atoms with Crippen LogP contribution in [0.2, 0.25) is 0 Å². The first-order chi connectivity index (χ1) is 6.72. The third-order valence-corrected chi connectivity index (χ3v) is 2.89. The van der Waals surface area contributed by atoms with Crippen molar-refractivity contribution in [1.29, 1.82) is 0 Å². The Morgan fingerprint density at radius 1 is 1.57 bits per heavy atom. The highest BCUT2D eigenvalue weighted by Gasteiger charge is 2.35. The number of hydrogen-bond donors (Lipinski definition) is 2. The van der Waals surface area contributed by atoms with E-state index < -0.39 is 0 Å². The van der Waals surface area contributed by atoms with Crippen molar-refractivity contribution >= 4 is 11.6 Å². The van der Waals surface area contributed by atoms with E-state index in [1.807, 2.05) is 6.92 Å². The largest absolute Gasteiger partial charge is 0.383 e. The van der Waals surface area contributed by atoms with Crippen molar-refractivity contribution in [2.24, 2.45) is 5.92 Å². The Morgan fingerprint density at radius 3 is 3.00 bits per heavy atom. The monoisotopic (exact) mass is 192 g/mol. The molecule has 1 heterocycles. The second-order valence-electron chi connectivity index (χ2n) is 3.89. The van der Waals surface area contributed by atoms with Crippen molar-refractivity contribution in [2.75, 3.05) is 11.1 Å². The predicted octanol–water partition coefficient (Wildman–Crippen LogP) is 1.58. The first-order valence-corrected chi connectivity index (χ1v) is 5.06. The average Bonchev–Trinajstić information content (AvgIpc) is 2.92. The second kappa shape index (κ2) is 3.44. The van der Waals surface area contributed by atoms with E-state index in [9.17, 15) is 0 Å². The maximum atomic E-state index is 5.69. The average molecular weight is 192 g/mol. The summed E-state index contributed by atoms with van der Waals surface area (Å²) in [7, 11) is 0. The lowest BCUT2D eigenvalue weighted by atomic mass is 10.3. The van der Waals surface area contributed by atoms with Gasteiger partial charge >= 0.3 is 0 Å². The van der Waals surface area contributed by atoms with Gasteiger partial charge in [-0.25, -0.2) is 9.97 Å². The van der Waals surface area contributed by atoms with Crippen molar-refractivity contribution in [3.8, 4) is 0 Å². The third-order valence-electron chi connectivity index (χ3n) is 2.89. The fraction of sp³-hybridized carbons (Fsp3) is 0.600. The van der Waals surface area contributed by atoms with E-state index in [1.54, 1.807) is 0 Å². The molecule has 4 heteroatoms. The van der Waals surface area contributed by atoms with E-state index in [4.69, 9.17) is 5.73 Å². The zero-order valence-electron chi connectivity index (χ0n) is 8.62. The van der Waals surface area contributed by atoms with Gasteiger partial charge in [0.1, 0.15) is 18.0 Å². The lowest BCUT2D eigenvalue weighted by molar-refractivity contribution is 0.773. The molecule has 0 bridgehead atoms. The molecule has 1 aromatic rings. The fourth-order valence-corrected chi connectivity index (χ4v) is 1.66. The number of hydrogen-bond acceptors (Lipinski definition) is 4. The molecule has 2 rings (SSSR count). The van der Waals surface area contributed by atoms with Crippen molar-refractivity contribution in [3.63, 3.8) is 0 Å². The summed E-state index contributed by atoms with van der Waals surface area (Å²) in [5.74, 6) is 2.26. The summed E-state index contributed by atoms with van der Waals surface area (Å²) in [4.78, 5) is 8.12. The molecular formula is C10H16N4. The minimum atomic E-state index is 0.566. The van der Waals surface area contributed by atoms with Crippen LogP contribution in [0.5, 0.6) is 0 Å². The number of anilines is 2. The van der Waals surface area contributed by atoms with Crippen LogP contribution in [0.25, 0.3) is 0 Å². The summed E-state index contributed by atoms with van der Waals surface area (Å²) >= 11 is 0. The van der Waals surface area contributed by atoms with Gasteiger partial charge in [-0.2, -0.15) is 0 Å². The van der Waals surface area contributed by atoms with E-state index in [2.05, 4.69) is 22.2 Å². The molecular weight excluding hydrogens is 176 g/mol. The quantitative estimate of drug-likeness (QED) is 0.763. The summed E-state index contributed by atoms with van der Waals surface area (Å²) in [6, 6.07) is 0.591. The minimum Gasteiger partial charge on any atom is -0.383 e. The molecule has 1 saturated carbocycles. The molecule has 3 N–H and O–H groups in total. The molecule has 0 aliphatic heterocycles. The van der Waals surface area contributed by atoms with Crippen molar-refractivity contribution in [2.45, 2.75) is 32.7 Å². The van der Waals surface area contributed by atoms with Gasteiger partial charge in [0.25, 0.3) is 0 Å². The number of nitrogens with two attached hydrogens (primary N) is 1. The normalized spacial score (nSPS) is 24.7. The Bertz CT molecular complexity index is 337. The molecule has 0 radical (unpaired) electrons. The van der Waals surface area contributed by atoms with Crippen LogP contribution in [0.4, 0.5) is 11.6 Å². The Morgan fingerprint density at radius 2 is 2.36 bits per heavy atom. The summed E-state index contributed by atoms with van der Waals surface area (Å²) < 4.78 is 0. The van der Waals surface area contributed by atoms with E-state index in [1.165, 1.54) is 19.2 Å². The zero-order chi connectivity index (χ0) is 10.1. The van der Waals surface area contributed by atoms with Crippen LogP contribution >= 0.6 is 0 Å². The summed E-state index contributed by atoms with van der Waals surface area (Å²) in [5.41, 5.74) is 6.65. The number of aromatic nitrogens is 2. The second-order valence-corrected chi connectivity index (χ2v) is 3.89. The maximum Gasteiger partial charge on any atom is 0.134 e. The van der Waals surface area contributed by atoms with Gasteiger partial charge in [-0.1, -0.05) is 13.3 Å². The van der Waals surface area contributed by atoms with Gasteiger partial charge in [0.05, 0.1) is 0 Å². The van der Waals surface area contributed by atoms with Crippen LogP contribution in [-0.2, 0) is 0 Å². The predicted molar refractivity (Wildman–Crippen MR) is 57.0 cm³/mol. The van der Waals surface area contributed by atoms with Crippen molar-refractivity contribution in [3.05, 3.63) is 11.9 Å². The van der Waals surface area contributed by atoms with E-state index in [0.29, 0.717) is 11.9 Å². The molecule has 76 valence electrons. The van der Waals surface area contributed by atoms with Gasteiger partial charge in [0.15, 0.2) is 0 Å². The van der Waals surface area contributed by atoms with Gasteiger partial charge in [-0.05, 0) is 19.3 Å². The Labute approximate surface area is 83.9 Å². The Kier molecular flexibility index (Phi) is 2.27. The molecule has 0 spiro atoms. The van der Waals surface area contributed by atoms with Gasteiger partial charge < -0.3 is 11.1 Å². The molecule has 2 atom stereocenters. The summed E-state index contributed by atoms with van der Waals surface area (Å²) in [6.45, 7) is 4.16. The van der Waals surface area contributed by atoms with Gasteiger partial charge in [-0.15, -0.1) is 0 Å². The molecule has 0 aromatic carbocycles. The molecule has 1 aliphatic rings. The molecule has 0 amide bonds. The van der Waals surface area contributed by atoms with Gasteiger partial charge in [0.2, 0.25) is 0 Å². The van der Waals surface area contributed by atoms with Crippen LogP contribution in [-0.4, -0.2) is 16.0 Å². The number of rotatable bonds is 3. The highest BCUT2D eigenvalue weighted by molar-refractivity contribution is 5.54. The molecule has 4 nitrogen and oxygen atoms in total. The molecule has 1 fully saturated rings. The molecule has 2 unspecified atom stereocenters. The smallest absolute Gasteiger partial charge is 0.134 e. The highest BCUT2D eigenvalue weighted by Crippen LogP contribution is 2.36. The number of nitrogen functional groups attached to an aromatic ring is 1. The summed E-state index contributed by atoms with van der Waals surface area (Å²) in [5, 5.41) is 3.39. The van der Waals surface area contributed by atoms with E-state index in [0.717, 1.165) is 17.3 Å². The van der Waals surface area contributed by atoms with Crippen LogP contribution in [0.3, 0.4) is 0 Å². The van der Waals surface area contributed by atoms with Crippen LogP contribution in [0.1, 0.15) is 25.3 Å². The summed E-state index contributed by atoms with van der Waals surface area (Å²) in [6.07, 6.45) is 3.99. The topological polar surface area (TPSA) is 63.8 Å². The minimum absolute atomic E-state index is 0.566. The maximum absolute atomic E-state index is 5.69. The van der Waals surface area contributed by atoms with E-state index >= 15 is 0 Å². The van der Waals surface area contributed by atoms with Crippen LogP contribution < -0.4 is 11.1 Å². The standard InChI is InChI=1S/C10H16N4/c1-3-7-4-8(7)14-10-6(2)9(11)12-5-13-10/h5,7-8H,3-4H2,1-2H3,(H3,11,12,13,14). The molecule has 14 heavy (non-hydrogen) atoms. The zero-order valence-corrected chi connectivity index (χ0v) is 8.62. The third kappa shape index (κ3) is 1.64. The first-order valence-electron chi connectivity index (χ1n) is 5.06. The molecule has 0 saturated heterocycles. The number of nitrogens with zero attached hydrogens (tertiary/aromatic N) is 2. The van der Waals surface area contributed by atoms with Crippen LogP contribution in [0, 0.1) is 12.8 Å². The SMILES string of the molecule is CCC1CC1Nc1ncnc(N)c1C. The Hall–Kier alpha value is -1.32. The molecule has 1 aliphatic carbocycles.